The molecule has 16 heavy (non-hydrogen) atoms. The Morgan fingerprint density at radius 1 is 1.44 bits per heavy atom. The Labute approximate surface area is 96.0 Å². The van der Waals surface area contributed by atoms with Crippen molar-refractivity contribution >= 4 is 0 Å². The second-order valence-corrected chi connectivity index (χ2v) is 3.57. The van der Waals surface area contributed by atoms with Gasteiger partial charge in [0, 0.05) is 18.9 Å². The summed E-state index contributed by atoms with van der Waals surface area (Å²) in [5.41, 5.74) is 0.861. The van der Waals surface area contributed by atoms with Crippen LogP contribution in [0.25, 0.3) is 0 Å². The summed E-state index contributed by atoms with van der Waals surface area (Å²) in [5, 5.41) is 13.7. The lowest BCUT2D eigenvalue weighted by molar-refractivity contribution is 0.0654. The van der Waals surface area contributed by atoms with Crippen LogP contribution in [0.2, 0.25) is 0 Å². The number of ether oxygens (including phenoxy) is 2. The molecule has 0 bridgehead atoms. The summed E-state index contributed by atoms with van der Waals surface area (Å²) in [7, 11) is 1.65. The molecule has 1 aromatic rings. The zero-order valence-corrected chi connectivity index (χ0v) is 9.93. The molecule has 0 saturated carbocycles. The van der Waals surface area contributed by atoms with Gasteiger partial charge in [0.05, 0.1) is 38.7 Å². The van der Waals surface area contributed by atoms with Gasteiger partial charge in [0.1, 0.15) is 0 Å². The number of aromatic nitrogens is 2. The number of methoxy groups -OCH3 is 1. The summed E-state index contributed by atoms with van der Waals surface area (Å²) in [4.78, 5) is 0. The average molecular weight is 228 g/mol. The smallest absolute Gasteiger partial charge is 0.0817 e. The van der Waals surface area contributed by atoms with E-state index >= 15 is 0 Å². The van der Waals surface area contributed by atoms with Gasteiger partial charge in [-0.15, -0.1) is 0 Å². The lowest BCUT2D eigenvalue weighted by Crippen LogP contribution is -2.09. The number of hydrogen-bond donors (Lipinski definition) is 1. The monoisotopic (exact) mass is 228 g/mol. The van der Waals surface area contributed by atoms with E-state index in [1.807, 2.05) is 13.1 Å². The van der Waals surface area contributed by atoms with Gasteiger partial charge in [-0.05, 0) is 6.42 Å². The standard InChI is InChI=1S/C11H20N2O3/c1-3-11(14)10-8-12-13(9-10)4-5-16-7-6-15-2/h8-9,11,14H,3-7H2,1-2H3. The van der Waals surface area contributed by atoms with Crippen molar-refractivity contribution in [1.82, 2.24) is 9.78 Å². The summed E-state index contributed by atoms with van der Waals surface area (Å²) < 4.78 is 12.0. The molecule has 1 aromatic heterocycles. The Morgan fingerprint density at radius 3 is 2.94 bits per heavy atom. The van der Waals surface area contributed by atoms with Crippen LogP contribution < -0.4 is 0 Å². The molecule has 0 aliphatic heterocycles. The summed E-state index contributed by atoms with van der Waals surface area (Å²) >= 11 is 0. The van der Waals surface area contributed by atoms with E-state index in [0.717, 1.165) is 5.56 Å². The molecule has 5 heteroatoms. The molecule has 5 nitrogen and oxygen atoms in total. The van der Waals surface area contributed by atoms with Crippen LogP contribution in [-0.2, 0) is 16.0 Å². The van der Waals surface area contributed by atoms with Gasteiger partial charge in [-0.2, -0.15) is 5.10 Å². The summed E-state index contributed by atoms with van der Waals surface area (Å²) in [6, 6.07) is 0. The maximum Gasteiger partial charge on any atom is 0.0817 e. The Hall–Kier alpha value is -0.910. The molecular weight excluding hydrogens is 208 g/mol. The summed E-state index contributed by atoms with van der Waals surface area (Å²) in [6.07, 6.45) is 3.84. The highest BCUT2D eigenvalue weighted by molar-refractivity contribution is 5.07. The molecule has 1 N–H and O–H groups in total. The van der Waals surface area contributed by atoms with Gasteiger partial charge in [-0.1, -0.05) is 6.92 Å². The number of hydrogen-bond acceptors (Lipinski definition) is 4. The fraction of sp³-hybridized carbons (Fsp3) is 0.727. The van der Waals surface area contributed by atoms with Crippen LogP contribution >= 0.6 is 0 Å². The molecule has 0 aliphatic rings. The van der Waals surface area contributed by atoms with Gasteiger partial charge >= 0.3 is 0 Å². The van der Waals surface area contributed by atoms with E-state index in [-0.39, 0.29) is 0 Å². The maximum absolute atomic E-state index is 9.58. The van der Waals surface area contributed by atoms with Crippen molar-refractivity contribution in [3.63, 3.8) is 0 Å². The first kappa shape index (κ1) is 13.2. The van der Waals surface area contributed by atoms with Crippen LogP contribution in [-0.4, -0.2) is 41.8 Å². The highest BCUT2D eigenvalue weighted by Crippen LogP contribution is 2.14. The Balaban J connectivity index is 2.24. The number of nitrogens with zero attached hydrogens (tertiary/aromatic N) is 2. The van der Waals surface area contributed by atoms with E-state index in [0.29, 0.717) is 32.8 Å². The Morgan fingerprint density at radius 2 is 2.25 bits per heavy atom. The van der Waals surface area contributed by atoms with Crippen LogP contribution in [0.4, 0.5) is 0 Å². The predicted molar refractivity (Wildman–Crippen MR) is 60.2 cm³/mol. The first-order chi connectivity index (χ1) is 7.77. The molecule has 0 saturated heterocycles. The van der Waals surface area contributed by atoms with Crippen LogP contribution in [0.3, 0.4) is 0 Å². The minimum Gasteiger partial charge on any atom is -0.388 e. The molecule has 1 rings (SSSR count). The third-order valence-corrected chi connectivity index (χ3v) is 2.32. The van der Waals surface area contributed by atoms with Crippen molar-refractivity contribution in [3.8, 4) is 0 Å². The summed E-state index contributed by atoms with van der Waals surface area (Å²) in [5.74, 6) is 0. The lowest BCUT2D eigenvalue weighted by atomic mass is 10.2. The highest BCUT2D eigenvalue weighted by atomic mass is 16.5. The SMILES string of the molecule is CCC(O)c1cnn(CCOCCOC)c1. The van der Waals surface area contributed by atoms with E-state index in [1.165, 1.54) is 0 Å². The number of aliphatic hydroxyl groups is 1. The van der Waals surface area contributed by atoms with Crippen molar-refractivity contribution in [2.24, 2.45) is 0 Å². The van der Waals surface area contributed by atoms with Crippen molar-refractivity contribution in [1.29, 1.82) is 0 Å². The largest absolute Gasteiger partial charge is 0.388 e. The van der Waals surface area contributed by atoms with Gasteiger partial charge in [0.15, 0.2) is 0 Å². The predicted octanol–water partition coefficient (Wildman–Crippen LogP) is 0.989. The van der Waals surface area contributed by atoms with Crippen LogP contribution in [0.15, 0.2) is 12.4 Å². The van der Waals surface area contributed by atoms with Crippen LogP contribution in [0.1, 0.15) is 25.0 Å². The maximum atomic E-state index is 9.58. The molecule has 0 aliphatic carbocycles. The second-order valence-electron chi connectivity index (χ2n) is 3.57. The molecule has 0 aromatic carbocycles. The van der Waals surface area contributed by atoms with E-state index in [9.17, 15) is 5.11 Å². The second kappa shape index (κ2) is 7.38. The molecular formula is C11H20N2O3. The fourth-order valence-electron chi connectivity index (χ4n) is 1.31. The Bertz CT molecular complexity index is 289. The van der Waals surface area contributed by atoms with Gasteiger partial charge in [-0.3, -0.25) is 4.68 Å². The highest BCUT2D eigenvalue weighted by Gasteiger charge is 2.06. The summed E-state index contributed by atoms with van der Waals surface area (Å²) in [6.45, 7) is 4.45. The fourth-order valence-corrected chi connectivity index (χ4v) is 1.31. The minimum absolute atomic E-state index is 0.414. The van der Waals surface area contributed by atoms with Crippen LogP contribution in [0, 0.1) is 0 Å². The number of rotatable bonds is 8. The van der Waals surface area contributed by atoms with Crippen LogP contribution in [0.5, 0.6) is 0 Å². The van der Waals surface area contributed by atoms with E-state index in [4.69, 9.17) is 9.47 Å². The topological polar surface area (TPSA) is 56.5 Å². The molecule has 1 atom stereocenters. The van der Waals surface area contributed by atoms with E-state index in [1.54, 1.807) is 18.0 Å². The molecule has 1 heterocycles. The van der Waals surface area contributed by atoms with Gasteiger partial charge in [0.2, 0.25) is 0 Å². The molecule has 0 radical (unpaired) electrons. The van der Waals surface area contributed by atoms with Gasteiger partial charge < -0.3 is 14.6 Å². The number of aliphatic hydroxyl groups excluding tert-OH is 1. The third-order valence-electron chi connectivity index (χ3n) is 2.32. The first-order valence-corrected chi connectivity index (χ1v) is 5.55. The lowest BCUT2D eigenvalue weighted by Gasteiger charge is -2.04. The zero-order chi connectivity index (χ0) is 11.8. The van der Waals surface area contributed by atoms with E-state index < -0.39 is 6.10 Å². The zero-order valence-electron chi connectivity index (χ0n) is 9.93. The Kier molecular flexibility index (Phi) is 6.07. The van der Waals surface area contributed by atoms with Crippen molar-refractivity contribution in [2.75, 3.05) is 26.9 Å². The molecule has 0 fully saturated rings. The van der Waals surface area contributed by atoms with Crippen molar-refractivity contribution in [2.45, 2.75) is 26.0 Å². The first-order valence-electron chi connectivity index (χ1n) is 5.55. The molecule has 0 amide bonds. The van der Waals surface area contributed by atoms with Gasteiger partial charge in [-0.25, -0.2) is 0 Å². The molecule has 92 valence electrons. The van der Waals surface area contributed by atoms with Crippen molar-refractivity contribution < 1.29 is 14.6 Å². The minimum atomic E-state index is -0.414. The third kappa shape index (κ3) is 4.30. The molecule has 1 unspecified atom stereocenters. The van der Waals surface area contributed by atoms with Crippen molar-refractivity contribution in [3.05, 3.63) is 18.0 Å². The average Bonchev–Trinajstić information content (AvgIpc) is 2.76. The quantitative estimate of drug-likeness (QED) is 0.674. The van der Waals surface area contributed by atoms with Gasteiger partial charge in [0.25, 0.3) is 0 Å². The molecule has 0 spiro atoms. The normalized spacial score (nSPS) is 12.9. The van der Waals surface area contributed by atoms with E-state index in [2.05, 4.69) is 5.10 Å².